The standard InChI is InChI=1S/C13H18N2S2/c1-4-11(12-6-5-7-16-12)15-10(3)13-14-9(2)8-17-13/h5-8,10-11,15H,4H2,1-3H3. The number of rotatable bonds is 5. The fourth-order valence-electron chi connectivity index (χ4n) is 1.83. The molecule has 2 atom stereocenters. The number of hydrogen-bond donors (Lipinski definition) is 1. The second kappa shape index (κ2) is 5.76. The topological polar surface area (TPSA) is 24.9 Å². The molecule has 92 valence electrons. The zero-order valence-corrected chi connectivity index (χ0v) is 12.1. The average Bonchev–Trinajstić information content (AvgIpc) is 2.96. The Morgan fingerprint density at radius 3 is 2.76 bits per heavy atom. The first kappa shape index (κ1) is 12.7. The van der Waals surface area contributed by atoms with Gasteiger partial charge in [0.15, 0.2) is 0 Å². The summed E-state index contributed by atoms with van der Waals surface area (Å²) in [6.07, 6.45) is 1.11. The van der Waals surface area contributed by atoms with Crippen molar-refractivity contribution < 1.29 is 0 Å². The third kappa shape index (κ3) is 3.15. The van der Waals surface area contributed by atoms with Crippen LogP contribution in [-0.2, 0) is 0 Å². The number of thiophene rings is 1. The lowest BCUT2D eigenvalue weighted by Gasteiger charge is -2.19. The van der Waals surface area contributed by atoms with E-state index in [-0.39, 0.29) is 0 Å². The molecule has 0 aliphatic heterocycles. The van der Waals surface area contributed by atoms with E-state index >= 15 is 0 Å². The molecule has 17 heavy (non-hydrogen) atoms. The van der Waals surface area contributed by atoms with Crippen molar-refractivity contribution >= 4 is 22.7 Å². The van der Waals surface area contributed by atoms with Gasteiger partial charge in [-0.05, 0) is 31.7 Å². The molecule has 0 fully saturated rings. The highest BCUT2D eigenvalue weighted by Gasteiger charge is 2.16. The SMILES string of the molecule is CCC(NC(C)c1nc(C)cs1)c1cccs1. The Balaban J connectivity index is 2.04. The van der Waals surface area contributed by atoms with Crippen LogP contribution in [0.3, 0.4) is 0 Å². The van der Waals surface area contributed by atoms with E-state index in [4.69, 9.17) is 0 Å². The largest absolute Gasteiger partial charge is 0.300 e. The maximum atomic E-state index is 4.54. The van der Waals surface area contributed by atoms with Gasteiger partial charge in [-0.25, -0.2) is 4.98 Å². The number of nitrogens with one attached hydrogen (secondary N) is 1. The molecule has 0 aliphatic carbocycles. The van der Waals surface area contributed by atoms with Crippen LogP contribution in [0.15, 0.2) is 22.9 Å². The van der Waals surface area contributed by atoms with Gasteiger partial charge in [-0.1, -0.05) is 13.0 Å². The number of aromatic nitrogens is 1. The Morgan fingerprint density at radius 2 is 2.24 bits per heavy atom. The molecule has 0 bridgehead atoms. The maximum absolute atomic E-state index is 4.54. The molecule has 2 nitrogen and oxygen atoms in total. The second-order valence-electron chi connectivity index (χ2n) is 4.19. The molecule has 2 unspecified atom stereocenters. The minimum atomic E-state index is 0.320. The Kier molecular flexibility index (Phi) is 4.31. The quantitative estimate of drug-likeness (QED) is 0.872. The van der Waals surface area contributed by atoms with E-state index in [0.29, 0.717) is 12.1 Å². The molecular weight excluding hydrogens is 248 g/mol. The Hall–Kier alpha value is -0.710. The van der Waals surface area contributed by atoms with Crippen LogP contribution in [-0.4, -0.2) is 4.98 Å². The smallest absolute Gasteiger partial charge is 0.110 e. The molecule has 0 saturated carbocycles. The van der Waals surface area contributed by atoms with Gasteiger partial charge in [-0.2, -0.15) is 0 Å². The summed E-state index contributed by atoms with van der Waals surface area (Å²) in [6.45, 7) is 6.45. The van der Waals surface area contributed by atoms with Gasteiger partial charge in [0.05, 0.1) is 6.04 Å². The molecule has 2 heterocycles. The van der Waals surface area contributed by atoms with Gasteiger partial charge in [0.25, 0.3) is 0 Å². The summed E-state index contributed by atoms with van der Waals surface area (Å²) < 4.78 is 0. The van der Waals surface area contributed by atoms with E-state index in [0.717, 1.165) is 12.1 Å². The van der Waals surface area contributed by atoms with Gasteiger partial charge < -0.3 is 5.32 Å². The molecule has 4 heteroatoms. The van der Waals surface area contributed by atoms with Crippen LogP contribution in [0.5, 0.6) is 0 Å². The van der Waals surface area contributed by atoms with Crippen LogP contribution in [0.1, 0.15) is 47.9 Å². The molecule has 0 aliphatic rings. The average molecular weight is 266 g/mol. The first-order valence-corrected chi connectivity index (χ1v) is 7.68. The monoisotopic (exact) mass is 266 g/mol. The minimum Gasteiger partial charge on any atom is -0.300 e. The van der Waals surface area contributed by atoms with Crippen LogP contribution in [0, 0.1) is 6.92 Å². The molecule has 0 aromatic carbocycles. The third-order valence-corrected chi connectivity index (χ3v) is 4.88. The van der Waals surface area contributed by atoms with Crippen LogP contribution in [0.25, 0.3) is 0 Å². The van der Waals surface area contributed by atoms with Crippen molar-refractivity contribution in [2.24, 2.45) is 0 Å². The van der Waals surface area contributed by atoms with Gasteiger partial charge in [0.2, 0.25) is 0 Å². The van der Waals surface area contributed by atoms with Crippen molar-refractivity contribution in [1.82, 2.24) is 10.3 Å². The van der Waals surface area contributed by atoms with Crippen molar-refractivity contribution in [3.05, 3.63) is 38.5 Å². The zero-order chi connectivity index (χ0) is 12.3. The second-order valence-corrected chi connectivity index (χ2v) is 6.06. The molecule has 1 N–H and O–H groups in total. The van der Waals surface area contributed by atoms with Gasteiger partial charge in [0.1, 0.15) is 5.01 Å². The number of thiazole rings is 1. The highest BCUT2D eigenvalue weighted by molar-refractivity contribution is 7.10. The van der Waals surface area contributed by atoms with Crippen LogP contribution < -0.4 is 5.32 Å². The molecule has 0 saturated heterocycles. The highest BCUT2D eigenvalue weighted by Crippen LogP contribution is 2.26. The van der Waals surface area contributed by atoms with Crippen molar-refractivity contribution in [3.63, 3.8) is 0 Å². The van der Waals surface area contributed by atoms with E-state index in [1.807, 2.05) is 18.3 Å². The maximum Gasteiger partial charge on any atom is 0.110 e. The van der Waals surface area contributed by atoms with Crippen molar-refractivity contribution in [1.29, 1.82) is 0 Å². The van der Waals surface area contributed by atoms with Crippen molar-refractivity contribution in [3.8, 4) is 0 Å². The van der Waals surface area contributed by atoms with Gasteiger partial charge in [-0.15, -0.1) is 22.7 Å². The highest BCUT2D eigenvalue weighted by atomic mass is 32.1. The van der Waals surface area contributed by atoms with Crippen molar-refractivity contribution in [2.75, 3.05) is 0 Å². The molecular formula is C13H18N2S2. The lowest BCUT2D eigenvalue weighted by atomic mass is 10.1. The fraction of sp³-hybridized carbons (Fsp3) is 0.462. The normalized spacial score (nSPS) is 14.8. The molecule has 0 radical (unpaired) electrons. The molecule has 0 spiro atoms. The summed E-state index contributed by atoms with van der Waals surface area (Å²) in [5, 5.41) is 9.08. The predicted molar refractivity (Wildman–Crippen MR) is 75.8 cm³/mol. The molecule has 2 aromatic rings. The number of nitrogens with zero attached hydrogens (tertiary/aromatic N) is 1. The van der Waals surface area contributed by atoms with E-state index in [2.05, 4.69) is 47.0 Å². The van der Waals surface area contributed by atoms with Crippen LogP contribution >= 0.6 is 22.7 Å². The number of hydrogen-bond acceptors (Lipinski definition) is 4. The summed E-state index contributed by atoms with van der Waals surface area (Å²) >= 11 is 3.56. The predicted octanol–water partition coefficient (Wildman–Crippen LogP) is 4.31. The van der Waals surface area contributed by atoms with E-state index in [9.17, 15) is 0 Å². The van der Waals surface area contributed by atoms with Gasteiger partial charge in [0, 0.05) is 22.0 Å². The van der Waals surface area contributed by atoms with Crippen LogP contribution in [0.4, 0.5) is 0 Å². The summed E-state index contributed by atoms with van der Waals surface area (Å²) in [5.74, 6) is 0. The summed E-state index contributed by atoms with van der Waals surface area (Å²) in [4.78, 5) is 5.95. The summed E-state index contributed by atoms with van der Waals surface area (Å²) in [5.41, 5.74) is 1.11. The summed E-state index contributed by atoms with van der Waals surface area (Å²) in [6, 6.07) is 5.07. The van der Waals surface area contributed by atoms with Crippen LogP contribution in [0.2, 0.25) is 0 Å². The minimum absolute atomic E-state index is 0.320. The van der Waals surface area contributed by atoms with E-state index in [1.54, 1.807) is 11.3 Å². The van der Waals surface area contributed by atoms with Gasteiger partial charge in [-0.3, -0.25) is 0 Å². The summed E-state index contributed by atoms with van der Waals surface area (Å²) in [7, 11) is 0. The fourth-order valence-corrected chi connectivity index (χ4v) is 3.52. The number of aryl methyl sites for hydroxylation is 1. The molecule has 2 aromatic heterocycles. The van der Waals surface area contributed by atoms with E-state index < -0.39 is 0 Å². The first-order chi connectivity index (χ1) is 8.20. The molecule has 2 rings (SSSR count). The Bertz CT molecular complexity index is 448. The lowest BCUT2D eigenvalue weighted by Crippen LogP contribution is -2.23. The Labute approximate surface area is 111 Å². The first-order valence-electron chi connectivity index (χ1n) is 5.92. The lowest BCUT2D eigenvalue weighted by molar-refractivity contribution is 0.460. The van der Waals surface area contributed by atoms with Crippen molar-refractivity contribution in [2.45, 2.75) is 39.3 Å². The molecule has 0 amide bonds. The van der Waals surface area contributed by atoms with E-state index in [1.165, 1.54) is 9.88 Å². The third-order valence-electron chi connectivity index (χ3n) is 2.75. The Morgan fingerprint density at radius 1 is 1.41 bits per heavy atom. The zero-order valence-electron chi connectivity index (χ0n) is 10.4. The van der Waals surface area contributed by atoms with Gasteiger partial charge >= 0.3 is 0 Å².